The van der Waals surface area contributed by atoms with E-state index in [-0.39, 0.29) is 0 Å². The Balaban J connectivity index is 2.57. The number of hydrogen-bond acceptors (Lipinski definition) is 3. The first-order valence-corrected chi connectivity index (χ1v) is 5.83. The van der Waals surface area contributed by atoms with Gasteiger partial charge in [-0.1, -0.05) is 37.3 Å². The van der Waals surface area contributed by atoms with E-state index in [1.54, 1.807) is 7.05 Å². The third kappa shape index (κ3) is 4.54. The standard InChI is InChI=1S/C13H20N2O2/c1-3-15(10-12(14-2)13(16)17)9-11-7-5-4-6-8-11/h4-8,12,14H,3,9-10H2,1-2H3,(H,16,17). The molecule has 0 heterocycles. The smallest absolute Gasteiger partial charge is 0.322 e. The molecule has 0 amide bonds. The third-order valence-corrected chi connectivity index (χ3v) is 2.78. The molecule has 2 N–H and O–H groups in total. The Hall–Kier alpha value is -1.39. The van der Waals surface area contributed by atoms with Crippen LogP contribution in [0.3, 0.4) is 0 Å². The molecule has 0 aliphatic carbocycles. The summed E-state index contributed by atoms with van der Waals surface area (Å²) >= 11 is 0. The van der Waals surface area contributed by atoms with Crippen molar-refractivity contribution >= 4 is 5.97 Å². The molecule has 1 unspecified atom stereocenters. The lowest BCUT2D eigenvalue weighted by molar-refractivity contribution is -0.139. The Morgan fingerprint density at radius 2 is 2.06 bits per heavy atom. The minimum atomic E-state index is -0.806. The average Bonchev–Trinajstić information content (AvgIpc) is 2.35. The number of hydrogen-bond donors (Lipinski definition) is 2. The van der Waals surface area contributed by atoms with Gasteiger partial charge in [-0.3, -0.25) is 9.69 Å². The number of carbonyl (C=O) groups is 1. The molecule has 1 aromatic rings. The quantitative estimate of drug-likeness (QED) is 0.746. The lowest BCUT2D eigenvalue weighted by Gasteiger charge is -2.24. The maximum Gasteiger partial charge on any atom is 0.322 e. The third-order valence-electron chi connectivity index (χ3n) is 2.78. The maximum atomic E-state index is 10.9. The molecule has 94 valence electrons. The minimum Gasteiger partial charge on any atom is -0.480 e. The maximum absolute atomic E-state index is 10.9. The molecule has 0 radical (unpaired) electrons. The largest absolute Gasteiger partial charge is 0.480 e. The van der Waals surface area contributed by atoms with Gasteiger partial charge in [0.05, 0.1) is 0 Å². The molecular formula is C13H20N2O2. The van der Waals surface area contributed by atoms with Crippen LogP contribution in [0.2, 0.25) is 0 Å². The van der Waals surface area contributed by atoms with Crippen molar-refractivity contribution in [3.63, 3.8) is 0 Å². The Morgan fingerprint density at radius 1 is 1.41 bits per heavy atom. The summed E-state index contributed by atoms with van der Waals surface area (Å²) in [5, 5.41) is 11.8. The molecule has 0 aromatic heterocycles. The van der Waals surface area contributed by atoms with E-state index in [0.717, 1.165) is 13.1 Å². The van der Waals surface area contributed by atoms with E-state index >= 15 is 0 Å². The van der Waals surface area contributed by atoms with Crippen molar-refractivity contribution in [1.82, 2.24) is 10.2 Å². The predicted molar refractivity (Wildman–Crippen MR) is 67.9 cm³/mol. The predicted octanol–water partition coefficient (Wildman–Crippen LogP) is 1.18. The summed E-state index contributed by atoms with van der Waals surface area (Å²) in [4.78, 5) is 13.1. The zero-order valence-electron chi connectivity index (χ0n) is 10.4. The normalized spacial score (nSPS) is 12.6. The van der Waals surface area contributed by atoms with Gasteiger partial charge in [0.1, 0.15) is 6.04 Å². The highest BCUT2D eigenvalue weighted by Crippen LogP contribution is 2.04. The van der Waals surface area contributed by atoms with Crippen LogP contribution in [0.4, 0.5) is 0 Å². The first-order chi connectivity index (χ1) is 8.17. The number of benzene rings is 1. The molecule has 0 saturated carbocycles. The molecule has 0 aliphatic heterocycles. The van der Waals surface area contributed by atoms with Gasteiger partial charge in [0, 0.05) is 13.1 Å². The summed E-state index contributed by atoms with van der Waals surface area (Å²) in [5.41, 5.74) is 1.20. The van der Waals surface area contributed by atoms with Gasteiger partial charge >= 0.3 is 5.97 Å². The Bertz CT molecular complexity index is 341. The van der Waals surface area contributed by atoms with Gasteiger partial charge in [-0.05, 0) is 19.2 Å². The van der Waals surface area contributed by atoms with Crippen molar-refractivity contribution in [3.8, 4) is 0 Å². The number of aliphatic carboxylic acids is 1. The molecule has 0 saturated heterocycles. The van der Waals surface area contributed by atoms with Crippen LogP contribution in [0.1, 0.15) is 12.5 Å². The molecule has 17 heavy (non-hydrogen) atoms. The van der Waals surface area contributed by atoms with Gasteiger partial charge in [0.25, 0.3) is 0 Å². The average molecular weight is 236 g/mol. The van der Waals surface area contributed by atoms with E-state index in [1.165, 1.54) is 5.56 Å². The van der Waals surface area contributed by atoms with E-state index < -0.39 is 12.0 Å². The number of carboxylic acid groups (broad SMARTS) is 1. The lowest BCUT2D eigenvalue weighted by Crippen LogP contribution is -2.44. The van der Waals surface area contributed by atoms with Gasteiger partial charge in [0.15, 0.2) is 0 Å². The van der Waals surface area contributed by atoms with Crippen LogP contribution in [-0.4, -0.2) is 42.2 Å². The van der Waals surface area contributed by atoms with Crippen LogP contribution < -0.4 is 5.32 Å². The minimum absolute atomic E-state index is 0.511. The van der Waals surface area contributed by atoms with Crippen molar-refractivity contribution in [1.29, 1.82) is 0 Å². The van der Waals surface area contributed by atoms with Gasteiger partial charge in [0.2, 0.25) is 0 Å². The molecule has 1 aromatic carbocycles. The highest BCUT2D eigenvalue weighted by Gasteiger charge is 2.18. The number of nitrogens with one attached hydrogen (secondary N) is 1. The molecule has 1 rings (SSSR count). The molecule has 4 heteroatoms. The van der Waals surface area contributed by atoms with Crippen molar-refractivity contribution < 1.29 is 9.90 Å². The number of carboxylic acids is 1. The fourth-order valence-corrected chi connectivity index (χ4v) is 1.70. The fraction of sp³-hybridized carbons (Fsp3) is 0.462. The highest BCUT2D eigenvalue weighted by molar-refractivity contribution is 5.73. The van der Waals surface area contributed by atoms with Crippen LogP contribution >= 0.6 is 0 Å². The first kappa shape index (κ1) is 13.7. The Kier molecular flexibility index (Phi) is 5.66. The van der Waals surface area contributed by atoms with Crippen LogP contribution in [0, 0.1) is 0 Å². The van der Waals surface area contributed by atoms with Crippen LogP contribution in [0.15, 0.2) is 30.3 Å². The molecular weight excluding hydrogens is 216 g/mol. The highest BCUT2D eigenvalue weighted by atomic mass is 16.4. The zero-order valence-corrected chi connectivity index (χ0v) is 10.4. The summed E-state index contributed by atoms with van der Waals surface area (Å²) in [7, 11) is 1.68. The zero-order chi connectivity index (χ0) is 12.7. The summed E-state index contributed by atoms with van der Waals surface area (Å²) in [6.07, 6.45) is 0. The molecule has 0 bridgehead atoms. The van der Waals surface area contributed by atoms with Crippen molar-refractivity contribution in [2.24, 2.45) is 0 Å². The summed E-state index contributed by atoms with van der Waals surface area (Å²) in [6, 6.07) is 9.56. The number of rotatable bonds is 7. The monoisotopic (exact) mass is 236 g/mol. The van der Waals surface area contributed by atoms with Gasteiger partial charge < -0.3 is 10.4 Å². The molecule has 0 aliphatic rings. The fourth-order valence-electron chi connectivity index (χ4n) is 1.70. The van der Waals surface area contributed by atoms with Crippen LogP contribution in [0.5, 0.6) is 0 Å². The molecule has 0 spiro atoms. The second-order valence-electron chi connectivity index (χ2n) is 3.99. The van der Waals surface area contributed by atoms with Crippen LogP contribution in [-0.2, 0) is 11.3 Å². The van der Waals surface area contributed by atoms with E-state index in [0.29, 0.717) is 6.54 Å². The van der Waals surface area contributed by atoms with E-state index in [4.69, 9.17) is 5.11 Å². The Labute approximate surface area is 102 Å². The van der Waals surface area contributed by atoms with E-state index in [1.807, 2.05) is 25.1 Å². The summed E-state index contributed by atoms with van der Waals surface area (Å²) in [6.45, 7) is 4.16. The van der Waals surface area contributed by atoms with Gasteiger partial charge in [-0.25, -0.2) is 0 Å². The topological polar surface area (TPSA) is 52.6 Å². The molecule has 0 fully saturated rings. The number of likely N-dealkylation sites (N-methyl/N-ethyl adjacent to an activating group) is 2. The SMILES string of the molecule is CCN(Cc1ccccc1)CC(NC)C(=O)O. The van der Waals surface area contributed by atoms with Gasteiger partial charge in [-0.2, -0.15) is 0 Å². The summed E-state index contributed by atoms with van der Waals surface area (Å²) < 4.78 is 0. The van der Waals surface area contributed by atoms with Crippen LogP contribution in [0.25, 0.3) is 0 Å². The van der Waals surface area contributed by atoms with E-state index in [9.17, 15) is 4.79 Å². The second kappa shape index (κ2) is 7.04. The second-order valence-corrected chi connectivity index (χ2v) is 3.99. The van der Waals surface area contributed by atoms with Crippen molar-refractivity contribution in [3.05, 3.63) is 35.9 Å². The van der Waals surface area contributed by atoms with Gasteiger partial charge in [-0.15, -0.1) is 0 Å². The molecule has 1 atom stereocenters. The molecule has 4 nitrogen and oxygen atoms in total. The van der Waals surface area contributed by atoms with Crippen molar-refractivity contribution in [2.45, 2.75) is 19.5 Å². The lowest BCUT2D eigenvalue weighted by atomic mass is 10.2. The number of nitrogens with zero attached hydrogens (tertiary/aromatic N) is 1. The van der Waals surface area contributed by atoms with Crippen molar-refractivity contribution in [2.75, 3.05) is 20.1 Å². The Morgan fingerprint density at radius 3 is 2.53 bits per heavy atom. The first-order valence-electron chi connectivity index (χ1n) is 5.83. The summed E-state index contributed by atoms with van der Waals surface area (Å²) in [5.74, 6) is -0.806. The van der Waals surface area contributed by atoms with E-state index in [2.05, 4.69) is 22.3 Å².